The molecule has 2 heterocycles. The maximum absolute atomic E-state index is 12.7. The number of anilines is 2. The van der Waals surface area contributed by atoms with Gasteiger partial charge in [0.15, 0.2) is 0 Å². The van der Waals surface area contributed by atoms with Gasteiger partial charge in [0.25, 0.3) is 5.91 Å². The molecule has 0 radical (unpaired) electrons. The summed E-state index contributed by atoms with van der Waals surface area (Å²) in [6, 6.07) is 11.9. The lowest BCUT2D eigenvalue weighted by Crippen LogP contribution is -2.35. The van der Waals surface area contributed by atoms with Crippen LogP contribution >= 0.6 is 0 Å². The summed E-state index contributed by atoms with van der Waals surface area (Å²) in [5, 5.41) is 12.4. The Labute approximate surface area is 162 Å². The summed E-state index contributed by atoms with van der Waals surface area (Å²) < 4.78 is 4.98. The Bertz CT molecular complexity index is 966. The van der Waals surface area contributed by atoms with E-state index >= 15 is 0 Å². The summed E-state index contributed by atoms with van der Waals surface area (Å²) in [6.45, 7) is 3.61. The molecule has 0 unspecified atom stereocenters. The molecular formula is C20H21N5O3. The summed E-state index contributed by atoms with van der Waals surface area (Å²) in [4.78, 5) is 29.1. The second-order valence-corrected chi connectivity index (χ2v) is 6.67. The molecular weight excluding hydrogens is 358 g/mol. The second kappa shape index (κ2) is 7.91. The van der Waals surface area contributed by atoms with Crippen LogP contribution in [0.25, 0.3) is 0 Å². The van der Waals surface area contributed by atoms with Crippen molar-refractivity contribution in [1.82, 2.24) is 15.2 Å². The molecule has 0 saturated carbocycles. The van der Waals surface area contributed by atoms with Crippen LogP contribution in [0.15, 0.2) is 54.9 Å². The highest BCUT2D eigenvalue weighted by atomic mass is 16.5. The number of H-pyrrole nitrogens is 1. The van der Waals surface area contributed by atoms with Gasteiger partial charge >= 0.3 is 0 Å². The molecule has 144 valence electrons. The second-order valence-electron chi connectivity index (χ2n) is 6.67. The van der Waals surface area contributed by atoms with Gasteiger partial charge in [-0.15, -0.1) is 0 Å². The molecule has 0 bridgehead atoms. The summed E-state index contributed by atoms with van der Waals surface area (Å²) in [7, 11) is 1.51. The average Bonchev–Trinajstić information content (AvgIpc) is 3.24. The fourth-order valence-electron chi connectivity index (χ4n) is 2.53. The third-order valence-electron chi connectivity index (χ3n) is 4.33. The number of hydrogen-bond acceptors (Lipinski definition) is 5. The zero-order chi connectivity index (χ0) is 20.1. The van der Waals surface area contributed by atoms with Gasteiger partial charge in [-0.05, 0) is 44.2 Å². The lowest BCUT2D eigenvalue weighted by atomic mass is 9.88. The van der Waals surface area contributed by atoms with Crippen LogP contribution in [0.4, 0.5) is 11.4 Å². The normalized spacial score (nSPS) is 11.0. The lowest BCUT2D eigenvalue weighted by molar-refractivity contribution is -0.120. The highest BCUT2D eigenvalue weighted by Crippen LogP contribution is 2.24. The molecule has 0 spiro atoms. The van der Waals surface area contributed by atoms with Crippen molar-refractivity contribution in [3.8, 4) is 5.88 Å². The highest BCUT2D eigenvalue weighted by Gasteiger charge is 2.31. The van der Waals surface area contributed by atoms with Gasteiger partial charge in [-0.25, -0.2) is 4.98 Å². The molecule has 0 fully saturated rings. The minimum atomic E-state index is -0.787. The number of nitrogens with one attached hydrogen (secondary N) is 3. The van der Waals surface area contributed by atoms with E-state index in [4.69, 9.17) is 4.74 Å². The molecule has 0 saturated heterocycles. The minimum absolute atomic E-state index is 0.195. The van der Waals surface area contributed by atoms with E-state index in [0.717, 1.165) is 0 Å². The quantitative estimate of drug-likeness (QED) is 0.610. The number of nitrogens with zero attached hydrogens (tertiary/aromatic N) is 2. The molecule has 3 rings (SSSR count). The predicted octanol–water partition coefficient (Wildman–Crippen LogP) is 2.98. The number of methoxy groups -OCH3 is 1. The van der Waals surface area contributed by atoms with Gasteiger partial charge in [-0.2, -0.15) is 5.10 Å². The molecule has 2 aromatic heterocycles. The van der Waals surface area contributed by atoms with Gasteiger partial charge in [0, 0.05) is 29.8 Å². The molecule has 3 N–H and O–H groups in total. The molecule has 0 atom stereocenters. The number of aromatic nitrogens is 3. The molecule has 0 aliphatic carbocycles. The summed E-state index contributed by atoms with van der Waals surface area (Å²) in [5.74, 6) is -0.0721. The number of pyridine rings is 1. The summed E-state index contributed by atoms with van der Waals surface area (Å²) >= 11 is 0. The number of carbonyl (C=O) groups excluding carboxylic acids is 2. The number of carbonyl (C=O) groups is 2. The molecule has 1 aromatic carbocycles. The zero-order valence-corrected chi connectivity index (χ0v) is 15.8. The van der Waals surface area contributed by atoms with E-state index in [-0.39, 0.29) is 11.8 Å². The maximum Gasteiger partial charge on any atom is 0.257 e. The van der Waals surface area contributed by atoms with Crippen LogP contribution in [0, 0.1) is 0 Å². The van der Waals surface area contributed by atoms with Gasteiger partial charge in [0.1, 0.15) is 0 Å². The van der Waals surface area contributed by atoms with Gasteiger partial charge in [0.2, 0.25) is 11.8 Å². The third-order valence-corrected chi connectivity index (χ3v) is 4.33. The standard InChI is InChI=1S/C20H21N5O3/c1-20(2,16-9-10-22-25-16)19(27)24-15-6-4-5-14(11-15)23-18(26)13-7-8-17(28-3)21-12-13/h4-12H,1-3H3,(H,22,25)(H,23,26)(H,24,27). The van der Waals surface area contributed by atoms with Gasteiger partial charge < -0.3 is 15.4 Å². The van der Waals surface area contributed by atoms with Crippen LogP contribution in [0.3, 0.4) is 0 Å². The molecule has 8 heteroatoms. The number of hydrogen-bond donors (Lipinski definition) is 3. The first-order chi connectivity index (χ1) is 13.4. The van der Waals surface area contributed by atoms with E-state index in [0.29, 0.717) is 28.5 Å². The van der Waals surface area contributed by atoms with Crippen LogP contribution < -0.4 is 15.4 Å². The number of aromatic amines is 1. The Balaban J connectivity index is 1.69. The van der Waals surface area contributed by atoms with Crippen LogP contribution in [-0.4, -0.2) is 34.1 Å². The van der Waals surface area contributed by atoms with E-state index in [1.54, 1.807) is 62.5 Å². The number of amides is 2. The fraction of sp³-hybridized carbons (Fsp3) is 0.200. The Morgan fingerprint density at radius 3 is 2.43 bits per heavy atom. The van der Waals surface area contributed by atoms with Gasteiger partial charge in [-0.3, -0.25) is 14.7 Å². The average molecular weight is 379 g/mol. The van der Waals surface area contributed by atoms with Crippen molar-refractivity contribution >= 4 is 23.2 Å². The third kappa shape index (κ3) is 4.17. The Hall–Kier alpha value is -3.68. The van der Waals surface area contributed by atoms with Crippen molar-refractivity contribution < 1.29 is 14.3 Å². The van der Waals surface area contributed by atoms with E-state index in [1.165, 1.54) is 13.3 Å². The van der Waals surface area contributed by atoms with Crippen molar-refractivity contribution in [2.45, 2.75) is 19.3 Å². The van der Waals surface area contributed by atoms with Crippen LogP contribution in [0.2, 0.25) is 0 Å². The monoisotopic (exact) mass is 379 g/mol. The lowest BCUT2D eigenvalue weighted by Gasteiger charge is -2.22. The van der Waals surface area contributed by atoms with Gasteiger partial charge in [-0.1, -0.05) is 6.07 Å². The number of benzene rings is 1. The topological polar surface area (TPSA) is 109 Å². The number of rotatable bonds is 6. The van der Waals surface area contributed by atoms with Crippen molar-refractivity contribution in [3.05, 3.63) is 66.1 Å². The van der Waals surface area contributed by atoms with Crippen LogP contribution in [0.5, 0.6) is 5.88 Å². The van der Waals surface area contributed by atoms with Crippen LogP contribution in [0.1, 0.15) is 29.9 Å². The predicted molar refractivity (Wildman–Crippen MR) is 105 cm³/mol. The minimum Gasteiger partial charge on any atom is -0.481 e. The van der Waals surface area contributed by atoms with Crippen molar-refractivity contribution in [2.75, 3.05) is 17.7 Å². The number of ether oxygens (including phenoxy) is 1. The molecule has 28 heavy (non-hydrogen) atoms. The zero-order valence-electron chi connectivity index (χ0n) is 15.8. The van der Waals surface area contributed by atoms with E-state index in [1.807, 2.05) is 0 Å². The van der Waals surface area contributed by atoms with E-state index in [9.17, 15) is 9.59 Å². The van der Waals surface area contributed by atoms with E-state index < -0.39 is 5.41 Å². The SMILES string of the molecule is COc1ccc(C(=O)Nc2cccc(NC(=O)C(C)(C)c3ccn[nH]3)c2)cn1. The molecule has 2 amide bonds. The molecule has 8 nitrogen and oxygen atoms in total. The molecule has 3 aromatic rings. The van der Waals surface area contributed by atoms with Crippen LogP contribution in [-0.2, 0) is 10.2 Å². The van der Waals surface area contributed by atoms with Gasteiger partial charge in [0.05, 0.1) is 23.8 Å². The molecule has 0 aliphatic heterocycles. The van der Waals surface area contributed by atoms with Crippen molar-refractivity contribution in [2.24, 2.45) is 0 Å². The maximum atomic E-state index is 12.7. The Morgan fingerprint density at radius 1 is 1.07 bits per heavy atom. The smallest absolute Gasteiger partial charge is 0.257 e. The van der Waals surface area contributed by atoms with E-state index in [2.05, 4.69) is 25.8 Å². The summed E-state index contributed by atoms with van der Waals surface area (Å²) in [6.07, 6.45) is 3.04. The first-order valence-corrected chi connectivity index (χ1v) is 8.63. The largest absolute Gasteiger partial charge is 0.481 e. The summed E-state index contributed by atoms with van der Waals surface area (Å²) in [5.41, 5.74) is 1.45. The highest BCUT2D eigenvalue weighted by molar-refractivity contribution is 6.04. The fourth-order valence-corrected chi connectivity index (χ4v) is 2.53. The first kappa shape index (κ1) is 19.1. The van der Waals surface area contributed by atoms with Crippen molar-refractivity contribution in [1.29, 1.82) is 0 Å². The molecule has 0 aliphatic rings. The Kier molecular flexibility index (Phi) is 5.39. The van der Waals surface area contributed by atoms with Crippen molar-refractivity contribution in [3.63, 3.8) is 0 Å². The first-order valence-electron chi connectivity index (χ1n) is 8.63. The Morgan fingerprint density at radius 2 is 1.82 bits per heavy atom.